The molecule has 0 N–H and O–H groups in total. The summed E-state index contributed by atoms with van der Waals surface area (Å²) in [6.07, 6.45) is 3.87. The molecule has 0 aromatic heterocycles. The summed E-state index contributed by atoms with van der Waals surface area (Å²) in [6, 6.07) is 35.0. The number of hydrogen-bond donors (Lipinski definition) is 0. The largest absolute Gasteiger partial charge is 0.349 e. The zero-order valence-corrected chi connectivity index (χ0v) is 18.2. The Morgan fingerprint density at radius 2 is 1.34 bits per heavy atom. The summed E-state index contributed by atoms with van der Waals surface area (Å²) in [4.78, 5) is 0. The minimum Gasteiger partial charge on any atom is -0.349 e. The van der Waals surface area contributed by atoms with Crippen LogP contribution in [0.1, 0.15) is 11.1 Å². The molecule has 0 amide bonds. The molecule has 0 fully saturated rings. The van der Waals surface area contributed by atoms with Crippen LogP contribution in [-0.2, 0) is 0 Å². The third-order valence-electron chi connectivity index (χ3n) is 6.72. The molecule has 4 aromatic carbocycles. The van der Waals surface area contributed by atoms with Crippen molar-refractivity contribution in [3.63, 3.8) is 0 Å². The number of nitrogens with zero attached hydrogens (tertiary/aromatic N) is 1. The first-order chi connectivity index (χ1) is 14.0. The van der Waals surface area contributed by atoms with E-state index in [4.69, 9.17) is 0 Å². The van der Waals surface area contributed by atoms with Crippen molar-refractivity contribution in [2.75, 3.05) is 14.1 Å². The molecule has 0 saturated carbocycles. The number of rotatable bonds is 3. The fourth-order valence-electron chi connectivity index (χ4n) is 4.89. The normalized spacial score (nSPS) is 20.2. The van der Waals surface area contributed by atoms with E-state index >= 15 is 0 Å². The minimum atomic E-state index is -2.23. The molecule has 0 saturated heterocycles. The summed E-state index contributed by atoms with van der Waals surface area (Å²) in [6.45, 7) is 2.51. The predicted octanol–water partition coefficient (Wildman–Crippen LogP) is 5.68. The van der Waals surface area contributed by atoms with Crippen LogP contribution in [0, 0.1) is 6.08 Å². The van der Waals surface area contributed by atoms with Crippen LogP contribution in [-0.4, -0.2) is 22.3 Å². The maximum Gasteiger partial charge on any atom is 0.335 e. The highest BCUT2D eigenvalue weighted by Crippen LogP contribution is 2.45. The zero-order chi connectivity index (χ0) is 20.1. The highest BCUT2D eigenvalue weighted by molar-refractivity contribution is 7.08. The van der Waals surface area contributed by atoms with Gasteiger partial charge in [0.15, 0.2) is 0 Å². The molecule has 0 radical (unpaired) electrons. The van der Waals surface area contributed by atoms with Gasteiger partial charge in [-0.25, -0.2) is 0 Å². The Kier molecular flexibility index (Phi) is 4.09. The Labute approximate surface area is 174 Å². The van der Waals surface area contributed by atoms with E-state index in [0.29, 0.717) is 0 Å². The van der Waals surface area contributed by atoms with E-state index in [0.717, 1.165) is 9.71 Å². The fourth-order valence-corrected chi connectivity index (χ4v) is 9.29. The monoisotopic (exact) mass is 391 g/mol. The van der Waals surface area contributed by atoms with E-state index in [-0.39, 0.29) is 0 Å². The van der Waals surface area contributed by atoms with Gasteiger partial charge >= 0.3 is 8.24 Å². The molecule has 142 valence electrons. The lowest BCUT2D eigenvalue weighted by atomic mass is 10.1. The van der Waals surface area contributed by atoms with Gasteiger partial charge < -0.3 is 4.15 Å². The molecule has 1 aliphatic heterocycles. The summed E-state index contributed by atoms with van der Waals surface area (Å²) >= 11 is 0. The Balaban J connectivity index is 1.85. The molecular weight excluding hydrogens is 366 g/mol. The van der Waals surface area contributed by atoms with Crippen molar-refractivity contribution in [3.8, 4) is 0 Å². The number of quaternary nitrogens is 1. The molecule has 4 aromatic rings. The number of hydrogen-bond acceptors (Lipinski definition) is 0. The second-order valence-corrected chi connectivity index (χ2v) is 12.7. The van der Waals surface area contributed by atoms with Gasteiger partial charge in [-0.05, 0) is 18.0 Å². The van der Waals surface area contributed by atoms with E-state index in [9.17, 15) is 0 Å². The van der Waals surface area contributed by atoms with Crippen molar-refractivity contribution in [1.29, 1.82) is 0 Å². The van der Waals surface area contributed by atoms with Crippen molar-refractivity contribution in [2.45, 2.75) is 6.55 Å². The average Bonchev–Trinajstić information content (AvgIpc) is 2.94. The molecule has 0 bridgehead atoms. The molecule has 2 heteroatoms. The van der Waals surface area contributed by atoms with E-state index in [1.165, 1.54) is 32.4 Å². The Morgan fingerprint density at radius 1 is 0.724 bits per heavy atom. The molecular formula is C27H25NSi. The van der Waals surface area contributed by atoms with Crippen molar-refractivity contribution >= 4 is 35.1 Å². The van der Waals surface area contributed by atoms with Gasteiger partial charge in [-0.1, -0.05) is 77.5 Å². The summed E-state index contributed by atoms with van der Waals surface area (Å²) in [7, 11) is 2.54. The van der Waals surface area contributed by atoms with Crippen LogP contribution in [0.2, 0.25) is 6.55 Å². The molecule has 1 atom stereocenters. The van der Waals surface area contributed by atoms with Gasteiger partial charge in [0.25, 0.3) is 0 Å². The smallest absolute Gasteiger partial charge is 0.335 e. The van der Waals surface area contributed by atoms with Crippen molar-refractivity contribution < 1.29 is 0 Å². The van der Waals surface area contributed by atoms with Crippen LogP contribution < -0.4 is 9.34 Å². The zero-order valence-electron chi connectivity index (χ0n) is 17.2. The van der Waals surface area contributed by atoms with Crippen LogP contribution in [0.15, 0.2) is 97.1 Å². The predicted molar refractivity (Wildman–Crippen MR) is 127 cm³/mol. The van der Waals surface area contributed by atoms with Crippen LogP contribution in [0.25, 0.3) is 16.0 Å². The maximum atomic E-state index is 3.87. The minimum absolute atomic E-state index is 0.897. The summed E-state index contributed by atoms with van der Waals surface area (Å²) in [5.74, 6) is 0. The van der Waals surface area contributed by atoms with E-state index in [1.54, 1.807) is 0 Å². The Bertz CT molecular complexity index is 1220. The van der Waals surface area contributed by atoms with Crippen LogP contribution in [0.4, 0.5) is 5.69 Å². The summed E-state index contributed by atoms with van der Waals surface area (Å²) < 4.78 is 0.897. The fraction of sp³-hybridized carbons (Fsp3) is 0.111. The van der Waals surface area contributed by atoms with Gasteiger partial charge in [0.1, 0.15) is 5.69 Å². The third kappa shape index (κ3) is 2.57. The highest BCUT2D eigenvalue weighted by Gasteiger charge is 2.56. The molecule has 29 heavy (non-hydrogen) atoms. The van der Waals surface area contributed by atoms with Crippen LogP contribution in [0.5, 0.6) is 0 Å². The lowest BCUT2D eigenvalue weighted by molar-refractivity contribution is 0.621. The van der Waals surface area contributed by atoms with Crippen molar-refractivity contribution in [3.05, 3.63) is 114 Å². The SMILES string of the molecule is C[N+]1(C)c2cccc3cccc(c23)[Si]1(C)C(=[C-]c1ccccc1)c1ccccc1. The molecule has 1 nitrogen and oxygen atoms in total. The first kappa shape index (κ1) is 18.1. The molecule has 1 heterocycles. The molecule has 1 unspecified atom stereocenters. The first-order valence-electron chi connectivity index (χ1n) is 10.2. The van der Waals surface area contributed by atoms with Gasteiger partial charge in [0, 0.05) is 10.6 Å². The standard InChI is InChI=1S/C27H25NSi/c1-28(2)24-18-10-16-23-17-11-19-25(27(23)24)29(28,3)26(22-14-8-5-9-15-22)20-21-12-6-4-7-13-21/h4-19H,1-3H3. The second kappa shape index (κ2) is 6.55. The van der Waals surface area contributed by atoms with Crippen molar-refractivity contribution in [1.82, 2.24) is 4.15 Å². The topological polar surface area (TPSA) is 0 Å². The highest BCUT2D eigenvalue weighted by atomic mass is 28.3. The lowest BCUT2D eigenvalue weighted by Gasteiger charge is -2.43. The van der Waals surface area contributed by atoms with Crippen LogP contribution >= 0.6 is 0 Å². The lowest BCUT2D eigenvalue weighted by Crippen LogP contribution is -2.67. The molecule has 0 spiro atoms. The molecule has 1 aliphatic rings. The van der Waals surface area contributed by atoms with Gasteiger partial charge in [-0.15, -0.1) is 35.9 Å². The Hall–Kier alpha value is -2.94. The quantitative estimate of drug-likeness (QED) is 0.239. The summed E-state index contributed by atoms with van der Waals surface area (Å²) in [5, 5.41) is 5.66. The van der Waals surface area contributed by atoms with Gasteiger partial charge in [0.05, 0.1) is 14.1 Å². The van der Waals surface area contributed by atoms with E-state index in [1.807, 2.05) is 0 Å². The summed E-state index contributed by atoms with van der Waals surface area (Å²) in [5.41, 5.74) is 3.85. The third-order valence-corrected chi connectivity index (χ3v) is 12.0. The molecule has 5 rings (SSSR count). The van der Waals surface area contributed by atoms with Gasteiger partial charge in [-0.2, -0.15) is 0 Å². The molecule has 0 aliphatic carbocycles. The van der Waals surface area contributed by atoms with E-state index in [2.05, 4.69) is 124 Å². The Morgan fingerprint density at radius 3 is 2.03 bits per heavy atom. The number of benzene rings is 4. The average molecular weight is 392 g/mol. The van der Waals surface area contributed by atoms with E-state index < -0.39 is 8.24 Å². The first-order valence-corrected chi connectivity index (χ1v) is 12.6. The second-order valence-electron chi connectivity index (χ2n) is 8.44. The van der Waals surface area contributed by atoms with Gasteiger partial charge in [0.2, 0.25) is 0 Å². The van der Waals surface area contributed by atoms with Gasteiger partial charge in [-0.3, -0.25) is 0 Å². The van der Waals surface area contributed by atoms with Crippen molar-refractivity contribution in [2.24, 2.45) is 0 Å². The van der Waals surface area contributed by atoms with Crippen LogP contribution in [0.3, 0.4) is 0 Å². The maximum absolute atomic E-state index is 3.87.